The Labute approximate surface area is 147 Å². The Kier molecular flexibility index (Phi) is 3.92. The first-order valence-corrected chi connectivity index (χ1v) is 10.9. The van der Waals surface area contributed by atoms with Gasteiger partial charge in [-0.05, 0) is 74.0 Å². The summed E-state index contributed by atoms with van der Waals surface area (Å²) in [6.45, 7) is 0. The second-order valence-corrected chi connectivity index (χ2v) is 10.3. The van der Waals surface area contributed by atoms with Gasteiger partial charge in [0, 0.05) is 12.3 Å². The van der Waals surface area contributed by atoms with Crippen LogP contribution in [0.4, 0.5) is 0 Å². The lowest BCUT2D eigenvalue weighted by atomic mass is 9.54. The monoisotopic (exact) mass is 367 g/mol. The number of carbonyl (C=O) groups excluding carboxylic acids is 1. The molecule has 5 rings (SSSR count). The Balaban J connectivity index is 1.57. The first-order chi connectivity index (χ1) is 11.3. The predicted octanol–water partition coefficient (Wildman–Crippen LogP) is 3.30. The van der Waals surface area contributed by atoms with Crippen LogP contribution in [0.25, 0.3) is 0 Å². The Bertz CT molecular complexity index is 761. The number of hydrogen-bond acceptors (Lipinski definition) is 3. The summed E-state index contributed by atoms with van der Waals surface area (Å²) in [7, 11) is -3.36. The maximum absolute atomic E-state index is 12.7. The summed E-state index contributed by atoms with van der Waals surface area (Å²) in [6.07, 6.45) is 7.37. The standard InChI is InChI=1S/C18H22ClNO3S/c1-24(22,23)14-2-3-16(19)15(9-14)18(21)20-17-12-5-10-4-11(7-12)8-13(17)6-10/h2-3,9-13,17H,4-8H2,1H3,(H,20,21). The van der Waals surface area contributed by atoms with E-state index in [1.165, 1.54) is 50.3 Å². The average Bonchev–Trinajstić information content (AvgIpc) is 2.49. The van der Waals surface area contributed by atoms with Crippen molar-refractivity contribution >= 4 is 27.3 Å². The lowest BCUT2D eigenvalue weighted by molar-refractivity contribution is -0.0119. The van der Waals surface area contributed by atoms with Gasteiger partial charge in [-0.2, -0.15) is 0 Å². The molecule has 4 aliphatic rings. The van der Waals surface area contributed by atoms with Crippen molar-refractivity contribution in [3.63, 3.8) is 0 Å². The number of rotatable bonds is 3. The van der Waals surface area contributed by atoms with Gasteiger partial charge in [0.05, 0.1) is 15.5 Å². The molecule has 0 atom stereocenters. The minimum Gasteiger partial charge on any atom is -0.349 e. The quantitative estimate of drug-likeness (QED) is 0.891. The van der Waals surface area contributed by atoms with Crippen molar-refractivity contribution in [2.24, 2.45) is 23.7 Å². The summed E-state index contributed by atoms with van der Waals surface area (Å²) in [6, 6.07) is 4.53. The molecule has 0 unspecified atom stereocenters. The first kappa shape index (κ1) is 16.4. The van der Waals surface area contributed by atoms with E-state index >= 15 is 0 Å². The third-order valence-corrected chi connectivity index (χ3v) is 7.57. The van der Waals surface area contributed by atoms with Crippen molar-refractivity contribution in [3.8, 4) is 0 Å². The number of carbonyl (C=O) groups is 1. The molecule has 1 amide bonds. The third kappa shape index (κ3) is 2.86. The van der Waals surface area contributed by atoms with E-state index in [0.29, 0.717) is 16.9 Å². The van der Waals surface area contributed by atoms with Gasteiger partial charge in [-0.25, -0.2) is 8.42 Å². The molecule has 4 bridgehead atoms. The van der Waals surface area contributed by atoms with Gasteiger partial charge >= 0.3 is 0 Å². The maximum Gasteiger partial charge on any atom is 0.253 e. The van der Waals surface area contributed by atoms with E-state index in [0.717, 1.165) is 18.1 Å². The van der Waals surface area contributed by atoms with Crippen LogP contribution in [0.3, 0.4) is 0 Å². The number of amides is 1. The van der Waals surface area contributed by atoms with Gasteiger partial charge in [-0.3, -0.25) is 4.79 Å². The molecule has 6 heteroatoms. The van der Waals surface area contributed by atoms with Crippen LogP contribution in [0.1, 0.15) is 42.5 Å². The highest BCUT2D eigenvalue weighted by Crippen LogP contribution is 2.53. The zero-order valence-corrected chi connectivity index (χ0v) is 15.2. The van der Waals surface area contributed by atoms with Gasteiger partial charge in [-0.15, -0.1) is 0 Å². The fourth-order valence-electron chi connectivity index (χ4n) is 5.30. The van der Waals surface area contributed by atoms with Crippen LogP contribution in [0, 0.1) is 23.7 Å². The molecule has 1 aromatic rings. The number of halogens is 1. The molecule has 1 N–H and O–H groups in total. The van der Waals surface area contributed by atoms with Gasteiger partial charge in [0.2, 0.25) is 0 Å². The zero-order valence-electron chi connectivity index (χ0n) is 13.7. The van der Waals surface area contributed by atoms with E-state index in [1.54, 1.807) is 0 Å². The lowest BCUT2D eigenvalue weighted by Crippen LogP contribution is -2.55. The van der Waals surface area contributed by atoms with Crippen LogP contribution in [0.15, 0.2) is 23.1 Å². The summed E-state index contributed by atoms with van der Waals surface area (Å²) < 4.78 is 23.5. The van der Waals surface area contributed by atoms with Crippen LogP contribution in [-0.2, 0) is 9.84 Å². The van der Waals surface area contributed by atoms with Crippen molar-refractivity contribution in [2.45, 2.75) is 43.0 Å². The van der Waals surface area contributed by atoms with Gasteiger partial charge in [0.1, 0.15) is 0 Å². The highest BCUT2D eigenvalue weighted by atomic mass is 35.5. The van der Waals surface area contributed by atoms with E-state index in [4.69, 9.17) is 11.6 Å². The third-order valence-electron chi connectivity index (χ3n) is 6.14. The van der Waals surface area contributed by atoms with Crippen LogP contribution < -0.4 is 5.32 Å². The summed E-state index contributed by atoms with van der Waals surface area (Å²) in [4.78, 5) is 12.9. The van der Waals surface area contributed by atoms with Crippen molar-refractivity contribution in [2.75, 3.05) is 6.26 Å². The molecule has 4 saturated carbocycles. The number of hydrogen-bond donors (Lipinski definition) is 1. The van der Waals surface area contributed by atoms with E-state index in [-0.39, 0.29) is 22.4 Å². The van der Waals surface area contributed by atoms with E-state index in [1.807, 2.05) is 0 Å². The fraction of sp³-hybridized carbons (Fsp3) is 0.611. The molecule has 0 aromatic heterocycles. The molecule has 4 aliphatic carbocycles. The van der Waals surface area contributed by atoms with Crippen molar-refractivity contribution in [3.05, 3.63) is 28.8 Å². The molecular weight excluding hydrogens is 346 g/mol. The number of benzene rings is 1. The molecule has 0 spiro atoms. The summed E-state index contributed by atoms with van der Waals surface area (Å²) in [5.74, 6) is 2.59. The van der Waals surface area contributed by atoms with Gasteiger partial charge in [-0.1, -0.05) is 11.6 Å². The Morgan fingerprint density at radius 2 is 1.67 bits per heavy atom. The lowest BCUT2D eigenvalue weighted by Gasteiger charge is -2.54. The number of nitrogens with one attached hydrogen (secondary N) is 1. The van der Waals surface area contributed by atoms with Gasteiger partial charge < -0.3 is 5.32 Å². The first-order valence-electron chi connectivity index (χ1n) is 8.61. The van der Waals surface area contributed by atoms with Crippen molar-refractivity contribution in [1.82, 2.24) is 5.32 Å². The highest BCUT2D eigenvalue weighted by Gasteiger charge is 2.48. The normalized spacial score (nSPS) is 34.3. The van der Waals surface area contributed by atoms with Crippen LogP contribution in [0.5, 0.6) is 0 Å². The van der Waals surface area contributed by atoms with E-state index in [2.05, 4.69) is 5.32 Å². The maximum atomic E-state index is 12.7. The average molecular weight is 368 g/mol. The Morgan fingerprint density at radius 1 is 1.08 bits per heavy atom. The summed E-state index contributed by atoms with van der Waals surface area (Å²) >= 11 is 6.15. The molecule has 0 heterocycles. The van der Waals surface area contributed by atoms with Crippen LogP contribution >= 0.6 is 11.6 Å². The molecule has 4 fully saturated rings. The van der Waals surface area contributed by atoms with Crippen LogP contribution in [-0.4, -0.2) is 26.6 Å². The molecule has 0 radical (unpaired) electrons. The molecule has 130 valence electrons. The van der Waals surface area contributed by atoms with E-state index < -0.39 is 9.84 Å². The largest absolute Gasteiger partial charge is 0.349 e. The van der Waals surface area contributed by atoms with Gasteiger partial charge in [0.25, 0.3) is 5.91 Å². The molecule has 24 heavy (non-hydrogen) atoms. The smallest absolute Gasteiger partial charge is 0.253 e. The number of sulfone groups is 1. The van der Waals surface area contributed by atoms with Crippen molar-refractivity contribution in [1.29, 1.82) is 0 Å². The highest BCUT2D eigenvalue weighted by molar-refractivity contribution is 7.90. The zero-order chi connectivity index (χ0) is 17.1. The predicted molar refractivity (Wildman–Crippen MR) is 92.9 cm³/mol. The summed E-state index contributed by atoms with van der Waals surface area (Å²) in [5, 5.41) is 3.47. The Hall–Kier alpha value is -1.07. The van der Waals surface area contributed by atoms with Crippen molar-refractivity contribution < 1.29 is 13.2 Å². The molecule has 0 aliphatic heterocycles. The minimum atomic E-state index is -3.36. The Morgan fingerprint density at radius 3 is 2.21 bits per heavy atom. The molecule has 1 aromatic carbocycles. The molecular formula is C18H22ClNO3S. The second kappa shape index (κ2) is 5.73. The SMILES string of the molecule is CS(=O)(=O)c1ccc(Cl)c(C(=O)NC2C3CC4CC(C3)CC2C4)c1. The van der Waals surface area contributed by atoms with Gasteiger partial charge in [0.15, 0.2) is 9.84 Å². The summed E-state index contributed by atoms with van der Waals surface area (Å²) in [5.41, 5.74) is 0.258. The van der Waals surface area contributed by atoms with E-state index in [9.17, 15) is 13.2 Å². The molecule has 4 nitrogen and oxygen atoms in total. The fourth-order valence-corrected chi connectivity index (χ4v) is 6.15. The van der Waals surface area contributed by atoms with Crippen LogP contribution in [0.2, 0.25) is 5.02 Å². The minimum absolute atomic E-state index is 0.127. The second-order valence-electron chi connectivity index (χ2n) is 7.84. The molecule has 0 saturated heterocycles. The topological polar surface area (TPSA) is 63.2 Å².